The monoisotopic (exact) mass is 228 g/mol. The second-order valence-corrected chi connectivity index (χ2v) is 3.18. The van der Waals surface area contributed by atoms with Gasteiger partial charge in [0, 0.05) is 17.4 Å². The molecule has 1 aromatic carbocycles. The predicted molar refractivity (Wildman–Crippen MR) is 62.4 cm³/mol. The van der Waals surface area contributed by atoms with E-state index in [1.807, 2.05) is 0 Å². The minimum absolute atomic E-state index is 0.342. The van der Waals surface area contributed by atoms with Gasteiger partial charge in [0.25, 0.3) is 0 Å². The lowest BCUT2D eigenvalue weighted by atomic mass is 10.1. The van der Waals surface area contributed by atoms with Crippen molar-refractivity contribution in [2.75, 3.05) is 20.0 Å². The Balaban J connectivity index is 3.13. The first kappa shape index (κ1) is 11.9. The molecule has 1 rings (SSSR count). The lowest BCUT2D eigenvalue weighted by Gasteiger charge is -2.08. The Kier molecular flexibility index (Phi) is 4.49. The summed E-state index contributed by atoms with van der Waals surface area (Å²) in [6.07, 6.45) is 3.41. The molecule has 0 radical (unpaired) electrons. The van der Waals surface area contributed by atoms with Crippen molar-refractivity contribution in [3.05, 3.63) is 29.6 Å². The van der Waals surface area contributed by atoms with Crippen molar-refractivity contribution in [3.8, 4) is 11.5 Å². The minimum atomic E-state index is -0.342. The van der Waals surface area contributed by atoms with Crippen LogP contribution >= 0.6 is 12.6 Å². The number of methoxy groups -OCH3 is 2. The molecule has 0 bridgehead atoms. The molecule has 0 N–H and O–H groups in total. The van der Waals surface area contributed by atoms with Gasteiger partial charge in [0.15, 0.2) is 11.5 Å². The lowest BCUT2D eigenvalue weighted by molar-refractivity contribution is 0.352. The summed E-state index contributed by atoms with van der Waals surface area (Å²) in [7, 11) is 2.99. The Morgan fingerprint density at radius 3 is 2.40 bits per heavy atom. The van der Waals surface area contributed by atoms with Gasteiger partial charge in [0.05, 0.1) is 14.2 Å². The van der Waals surface area contributed by atoms with E-state index in [0.717, 1.165) is 0 Å². The van der Waals surface area contributed by atoms with Gasteiger partial charge in [-0.3, -0.25) is 0 Å². The highest BCUT2D eigenvalue weighted by Gasteiger charge is 2.08. The molecule has 0 aliphatic carbocycles. The van der Waals surface area contributed by atoms with E-state index in [1.54, 1.807) is 18.2 Å². The van der Waals surface area contributed by atoms with E-state index in [4.69, 9.17) is 9.47 Å². The van der Waals surface area contributed by atoms with Crippen LogP contribution in [0.4, 0.5) is 4.39 Å². The number of thiol groups is 1. The molecule has 0 amide bonds. The van der Waals surface area contributed by atoms with Crippen LogP contribution < -0.4 is 9.47 Å². The number of halogens is 1. The van der Waals surface area contributed by atoms with E-state index in [0.29, 0.717) is 22.8 Å². The maximum atomic E-state index is 13.5. The first-order chi connectivity index (χ1) is 7.22. The average Bonchev–Trinajstić information content (AvgIpc) is 2.27. The fraction of sp³-hybridized carbons (Fsp3) is 0.273. The molecule has 1 aromatic rings. The van der Waals surface area contributed by atoms with Crippen LogP contribution in [0.15, 0.2) is 18.2 Å². The van der Waals surface area contributed by atoms with E-state index < -0.39 is 0 Å². The molecule has 0 aliphatic heterocycles. The van der Waals surface area contributed by atoms with Crippen molar-refractivity contribution in [2.24, 2.45) is 0 Å². The zero-order valence-corrected chi connectivity index (χ0v) is 9.55. The largest absolute Gasteiger partial charge is 0.493 e. The fourth-order valence-corrected chi connectivity index (χ4v) is 1.28. The average molecular weight is 228 g/mol. The van der Waals surface area contributed by atoms with Crippen LogP contribution in [0.25, 0.3) is 6.08 Å². The quantitative estimate of drug-likeness (QED) is 0.799. The molecular formula is C11H13FO2S. The van der Waals surface area contributed by atoms with E-state index in [1.165, 1.54) is 20.3 Å². The van der Waals surface area contributed by atoms with Gasteiger partial charge < -0.3 is 9.47 Å². The van der Waals surface area contributed by atoms with Crippen LogP contribution in [0.2, 0.25) is 0 Å². The van der Waals surface area contributed by atoms with Gasteiger partial charge in [-0.25, -0.2) is 4.39 Å². The molecule has 0 aliphatic rings. The first-order valence-corrected chi connectivity index (χ1v) is 5.05. The van der Waals surface area contributed by atoms with Gasteiger partial charge in [0.1, 0.15) is 5.82 Å². The normalized spacial score (nSPS) is 10.7. The van der Waals surface area contributed by atoms with Crippen LogP contribution in [0.5, 0.6) is 11.5 Å². The smallest absolute Gasteiger partial charge is 0.163 e. The van der Waals surface area contributed by atoms with Crippen LogP contribution in [0, 0.1) is 5.82 Å². The van der Waals surface area contributed by atoms with Gasteiger partial charge in [0.2, 0.25) is 0 Å². The second-order valence-electron chi connectivity index (χ2n) is 2.81. The SMILES string of the molecule is COc1cc(F)c(C=CCS)cc1OC. The third-order valence-corrected chi connectivity index (χ3v) is 2.12. The highest BCUT2D eigenvalue weighted by Crippen LogP contribution is 2.30. The van der Waals surface area contributed by atoms with E-state index in [-0.39, 0.29) is 5.82 Å². The fourth-order valence-electron chi connectivity index (χ4n) is 1.18. The third kappa shape index (κ3) is 2.89. The summed E-state index contributed by atoms with van der Waals surface area (Å²) in [5.74, 6) is 1.12. The predicted octanol–water partition coefficient (Wildman–Crippen LogP) is 2.79. The van der Waals surface area contributed by atoms with Gasteiger partial charge >= 0.3 is 0 Å². The van der Waals surface area contributed by atoms with Crippen molar-refractivity contribution < 1.29 is 13.9 Å². The highest BCUT2D eigenvalue weighted by molar-refractivity contribution is 7.80. The molecule has 82 valence electrons. The first-order valence-electron chi connectivity index (χ1n) is 4.41. The molecule has 4 heteroatoms. The molecule has 0 atom stereocenters. The van der Waals surface area contributed by atoms with Crippen LogP contribution in [0.3, 0.4) is 0 Å². The zero-order valence-electron chi connectivity index (χ0n) is 8.66. The summed E-state index contributed by atoms with van der Waals surface area (Å²) in [4.78, 5) is 0. The lowest BCUT2D eigenvalue weighted by Crippen LogP contribution is -1.93. The molecule has 0 heterocycles. The molecular weight excluding hydrogens is 215 g/mol. The Labute approximate surface area is 94.1 Å². The van der Waals surface area contributed by atoms with Crippen molar-refractivity contribution in [1.29, 1.82) is 0 Å². The zero-order chi connectivity index (χ0) is 11.3. The van der Waals surface area contributed by atoms with Gasteiger partial charge in [-0.15, -0.1) is 0 Å². The molecule has 0 fully saturated rings. The molecule has 0 unspecified atom stereocenters. The number of ether oxygens (including phenoxy) is 2. The van der Waals surface area contributed by atoms with Crippen LogP contribution in [0.1, 0.15) is 5.56 Å². The van der Waals surface area contributed by atoms with Crippen molar-refractivity contribution >= 4 is 18.7 Å². The number of benzene rings is 1. The minimum Gasteiger partial charge on any atom is -0.493 e. The molecule has 2 nitrogen and oxygen atoms in total. The Morgan fingerprint density at radius 1 is 1.27 bits per heavy atom. The number of hydrogen-bond acceptors (Lipinski definition) is 3. The molecule has 0 aromatic heterocycles. The van der Waals surface area contributed by atoms with Crippen molar-refractivity contribution in [2.45, 2.75) is 0 Å². The van der Waals surface area contributed by atoms with Gasteiger partial charge in [-0.2, -0.15) is 12.6 Å². The van der Waals surface area contributed by atoms with E-state index in [2.05, 4.69) is 12.6 Å². The summed E-state index contributed by atoms with van der Waals surface area (Å²) < 4.78 is 23.5. The topological polar surface area (TPSA) is 18.5 Å². The summed E-state index contributed by atoms with van der Waals surface area (Å²) in [6.45, 7) is 0. The van der Waals surface area contributed by atoms with Crippen LogP contribution in [-0.4, -0.2) is 20.0 Å². The number of rotatable bonds is 4. The van der Waals surface area contributed by atoms with Crippen molar-refractivity contribution in [3.63, 3.8) is 0 Å². The Hall–Kier alpha value is -1.16. The van der Waals surface area contributed by atoms with E-state index in [9.17, 15) is 4.39 Å². The molecule has 15 heavy (non-hydrogen) atoms. The van der Waals surface area contributed by atoms with Crippen LogP contribution in [-0.2, 0) is 0 Å². The van der Waals surface area contributed by atoms with Gasteiger partial charge in [-0.05, 0) is 6.07 Å². The Bertz CT molecular complexity index is 364. The van der Waals surface area contributed by atoms with E-state index >= 15 is 0 Å². The summed E-state index contributed by atoms with van der Waals surface area (Å²) >= 11 is 4.01. The maximum absolute atomic E-state index is 13.5. The number of hydrogen-bond donors (Lipinski definition) is 1. The molecule has 0 saturated heterocycles. The molecule has 0 spiro atoms. The maximum Gasteiger partial charge on any atom is 0.163 e. The summed E-state index contributed by atoms with van der Waals surface area (Å²) in [5, 5.41) is 0. The summed E-state index contributed by atoms with van der Waals surface area (Å²) in [6, 6.07) is 2.89. The molecule has 0 saturated carbocycles. The third-order valence-electron chi connectivity index (χ3n) is 1.91. The van der Waals surface area contributed by atoms with Crippen molar-refractivity contribution in [1.82, 2.24) is 0 Å². The summed E-state index contributed by atoms with van der Waals surface area (Å²) in [5.41, 5.74) is 0.460. The standard InChI is InChI=1S/C11H13FO2S/c1-13-10-6-8(4-3-5-15)9(12)7-11(10)14-2/h3-4,6-7,15H,5H2,1-2H3. The van der Waals surface area contributed by atoms with Gasteiger partial charge in [-0.1, -0.05) is 12.2 Å². The Morgan fingerprint density at radius 2 is 1.87 bits per heavy atom. The highest BCUT2D eigenvalue weighted by atomic mass is 32.1. The second kappa shape index (κ2) is 5.66.